The number of piperidine rings is 1. The van der Waals surface area contributed by atoms with Gasteiger partial charge in [0.1, 0.15) is 11.4 Å². The van der Waals surface area contributed by atoms with Crippen molar-refractivity contribution in [3.05, 3.63) is 18.2 Å². The van der Waals surface area contributed by atoms with Gasteiger partial charge in [0.05, 0.1) is 5.92 Å². The predicted molar refractivity (Wildman–Crippen MR) is 82.1 cm³/mol. The van der Waals surface area contributed by atoms with Gasteiger partial charge in [-0.2, -0.15) is 0 Å². The fourth-order valence-electron chi connectivity index (χ4n) is 3.72. The first kappa shape index (κ1) is 15.8. The van der Waals surface area contributed by atoms with E-state index in [9.17, 15) is 14.7 Å². The monoisotopic (exact) mass is 321 g/mol. The minimum atomic E-state index is -0.791. The quantitative estimate of drug-likeness (QED) is 0.853. The largest absolute Gasteiger partial charge is 0.481 e. The molecule has 0 bridgehead atoms. The van der Waals surface area contributed by atoms with Crippen molar-refractivity contribution in [2.75, 3.05) is 13.1 Å². The van der Waals surface area contributed by atoms with E-state index >= 15 is 0 Å². The number of imidazole rings is 1. The maximum Gasteiger partial charge on any atom is 0.410 e. The van der Waals surface area contributed by atoms with E-state index in [4.69, 9.17) is 4.74 Å². The number of aliphatic carboxylic acids is 1. The lowest BCUT2D eigenvalue weighted by Gasteiger charge is -2.40. The summed E-state index contributed by atoms with van der Waals surface area (Å²) in [4.78, 5) is 30.0. The molecule has 7 heteroatoms. The molecule has 1 saturated heterocycles. The number of carbonyl (C=O) groups excluding carboxylic acids is 1. The van der Waals surface area contributed by atoms with Gasteiger partial charge < -0.3 is 19.3 Å². The molecular weight excluding hydrogens is 298 g/mol. The lowest BCUT2D eigenvalue weighted by molar-refractivity contribution is -0.145. The van der Waals surface area contributed by atoms with Crippen LogP contribution in [0.2, 0.25) is 0 Å². The molecule has 1 aromatic rings. The smallest absolute Gasteiger partial charge is 0.410 e. The molecule has 7 nitrogen and oxygen atoms in total. The molecule has 0 radical (unpaired) electrons. The van der Waals surface area contributed by atoms with Gasteiger partial charge in [-0.3, -0.25) is 4.79 Å². The van der Waals surface area contributed by atoms with Crippen LogP contribution >= 0.6 is 0 Å². The highest BCUT2D eigenvalue weighted by Crippen LogP contribution is 2.46. The standard InChI is InChI=1S/C16H23N3O4/c1-15(2,3)23-14(22)18-7-4-16(5-8-18)11(12(20)21)10-19-9-6-17-13(16)19/h6,9,11H,4-5,7-8,10H2,1-3H3,(H,20,21)/t11-/m0/s1. The van der Waals surface area contributed by atoms with Gasteiger partial charge in [0.25, 0.3) is 0 Å². The van der Waals surface area contributed by atoms with Crippen molar-refractivity contribution in [3.8, 4) is 0 Å². The Bertz CT molecular complexity index is 624. The van der Waals surface area contributed by atoms with Gasteiger partial charge in [0, 0.05) is 37.4 Å². The second kappa shape index (κ2) is 5.25. The molecule has 1 aromatic heterocycles. The maximum atomic E-state index is 12.2. The van der Waals surface area contributed by atoms with Crippen LogP contribution in [0.3, 0.4) is 0 Å². The van der Waals surface area contributed by atoms with E-state index in [0.717, 1.165) is 5.82 Å². The molecule has 3 heterocycles. The van der Waals surface area contributed by atoms with E-state index in [1.54, 1.807) is 11.1 Å². The van der Waals surface area contributed by atoms with Crippen LogP contribution in [-0.2, 0) is 21.5 Å². The molecule has 1 fully saturated rings. The molecule has 1 N–H and O–H groups in total. The first-order valence-corrected chi connectivity index (χ1v) is 7.95. The molecule has 23 heavy (non-hydrogen) atoms. The Labute approximate surface area is 135 Å². The number of ether oxygens (including phenoxy) is 1. The van der Waals surface area contributed by atoms with Crippen molar-refractivity contribution in [1.29, 1.82) is 0 Å². The van der Waals surface area contributed by atoms with Gasteiger partial charge in [-0.1, -0.05) is 0 Å². The van der Waals surface area contributed by atoms with Crippen LogP contribution < -0.4 is 0 Å². The Morgan fingerprint density at radius 3 is 2.57 bits per heavy atom. The zero-order valence-electron chi connectivity index (χ0n) is 13.8. The molecule has 2 aliphatic rings. The highest BCUT2D eigenvalue weighted by Gasteiger charge is 2.53. The van der Waals surface area contributed by atoms with E-state index in [1.165, 1.54) is 0 Å². The Morgan fingerprint density at radius 2 is 2.00 bits per heavy atom. The summed E-state index contributed by atoms with van der Waals surface area (Å²) in [7, 11) is 0. The van der Waals surface area contributed by atoms with Crippen molar-refractivity contribution in [2.24, 2.45) is 5.92 Å². The summed E-state index contributed by atoms with van der Waals surface area (Å²) in [6, 6.07) is 0. The molecule has 126 valence electrons. The average Bonchev–Trinajstić information content (AvgIpc) is 3.00. The second-order valence-corrected chi connectivity index (χ2v) is 7.42. The molecular formula is C16H23N3O4. The number of aromatic nitrogens is 2. The highest BCUT2D eigenvalue weighted by molar-refractivity contribution is 5.73. The number of fused-ring (bicyclic) bond motifs is 2. The SMILES string of the molecule is CC(C)(C)OC(=O)N1CCC2(CC1)c1nccn1C[C@H]2C(=O)O. The Kier molecular flexibility index (Phi) is 3.61. The van der Waals surface area contributed by atoms with E-state index in [-0.39, 0.29) is 6.09 Å². The van der Waals surface area contributed by atoms with Crippen LogP contribution in [0, 0.1) is 5.92 Å². The van der Waals surface area contributed by atoms with Crippen LogP contribution in [-0.4, -0.2) is 50.3 Å². The van der Waals surface area contributed by atoms with Crippen LogP contribution in [0.5, 0.6) is 0 Å². The fourth-order valence-corrected chi connectivity index (χ4v) is 3.72. The number of likely N-dealkylation sites (tertiary alicyclic amines) is 1. The molecule has 0 saturated carbocycles. The number of rotatable bonds is 1. The minimum Gasteiger partial charge on any atom is -0.481 e. The van der Waals surface area contributed by atoms with Crippen LogP contribution in [0.25, 0.3) is 0 Å². The lowest BCUT2D eigenvalue weighted by Crippen LogP contribution is -2.50. The average molecular weight is 321 g/mol. The highest BCUT2D eigenvalue weighted by atomic mass is 16.6. The third-order valence-electron chi connectivity index (χ3n) is 4.81. The molecule has 3 rings (SSSR count). The maximum absolute atomic E-state index is 12.2. The molecule has 0 aliphatic carbocycles. The first-order valence-electron chi connectivity index (χ1n) is 7.95. The minimum absolute atomic E-state index is 0.333. The van der Waals surface area contributed by atoms with Crippen molar-refractivity contribution in [2.45, 2.75) is 51.2 Å². The zero-order chi connectivity index (χ0) is 16.8. The van der Waals surface area contributed by atoms with Crippen LogP contribution in [0.1, 0.15) is 39.4 Å². The van der Waals surface area contributed by atoms with Gasteiger partial charge >= 0.3 is 12.1 Å². The molecule has 0 unspecified atom stereocenters. The molecule has 1 amide bonds. The Hall–Kier alpha value is -2.05. The molecule has 0 aromatic carbocycles. The predicted octanol–water partition coefficient (Wildman–Crippen LogP) is 1.87. The summed E-state index contributed by atoms with van der Waals surface area (Å²) in [5, 5.41) is 9.60. The number of carboxylic acid groups (broad SMARTS) is 1. The van der Waals surface area contributed by atoms with E-state index < -0.39 is 22.9 Å². The van der Waals surface area contributed by atoms with Crippen molar-refractivity contribution in [3.63, 3.8) is 0 Å². The molecule has 1 spiro atoms. The summed E-state index contributed by atoms with van der Waals surface area (Å²) < 4.78 is 7.34. The Balaban J connectivity index is 1.76. The Morgan fingerprint density at radius 1 is 1.35 bits per heavy atom. The molecule has 1 atom stereocenters. The third kappa shape index (κ3) is 2.68. The van der Waals surface area contributed by atoms with E-state index in [0.29, 0.717) is 32.5 Å². The normalized spacial score (nSPS) is 22.9. The number of carboxylic acids is 1. The van der Waals surface area contributed by atoms with Crippen LogP contribution in [0.15, 0.2) is 12.4 Å². The van der Waals surface area contributed by atoms with E-state index in [1.807, 2.05) is 31.5 Å². The first-order chi connectivity index (χ1) is 10.7. The zero-order valence-corrected chi connectivity index (χ0v) is 13.8. The van der Waals surface area contributed by atoms with Crippen molar-refractivity contribution < 1.29 is 19.4 Å². The van der Waals surface area contributed by atoms with Crippen molar-refractivity contribution in [1.82, 2.24) is 14.5 Å². The number of amides is 1. The number of hydrogen-bond acceptors (Lipinski definition) is 4. The van der Waals surface area contributed by atoms with Gasteiger partial charge in [-0.05, 0) is 33.6 Å². The molecule has 2 aliphatic heterocycles. The van der Waals surface area contributed by atoms with Crippen LogP contribution in [0.4, 0.5) is 4.79 Å². The van der Waals surface area contributed by atoms with Gasteiger partial charge in [-0.15, -0.1) is 0 Å². The lowest BCUT2D eigenvalue weighted by atomic mass is 9.70. The summed E-state index contributed by atoms with van der Waals surface area (Å²) in [5.41, 5.74) is -1.01. The summed E-state index contributed by atoms with van der Waals surface area (Å²) in [6.07, 6.45) is 4.41. The number of hydrogen-bond donors (Lipinski definition) is 1. The fraction of sp³-hybridized carbons (Fsp3) is 0.688. The number of carbonyl (C=O) groups is 2. The van der Waals surface area contributed by atoms with E-state index in [2.05, 4.69) is 4.98 Å². The second-order valence-electron chi connectivity index (χ2n) is 7.42. The summed E-state index contributed by atoms with van der Waals surface area (Å²) >= 11 is 0. The third-order valence-corrected chi connectivity index (χ3v) is 4.81. The summed E-state index contributed by atoms with van der Waals surface area (Å²) in [6.45, 7) is 6.95. The van der Waals surface area contributed by atoms with Crippen molar-refractivity contribution >= 4 is 12.1 Å². The van der Waals surface area contributed by atoms with Gasteiger partial charge in [0.2, 0.25) is 0 Å². The summed E-state index contributed by atoms with van der Waals surface area (Å²) in [5.74, 6) is -0.429. The van der Waals surface area contributed by atoms with Gasteiger partial charge in [0.15, 0.2) is 0 Å². The van der Waals surface area contributed by atoms with Gasteiger partial charge in [-0.25, -0.2) is 9.78 Å². The topological polar surface area (TPSA) is 84.7 Å². The number of nitrogens with zero attached hydrogens (tertiary/aromatic N) is 3.